The maximum atomic E-state index is 14.2. The van der Waals surface area contributed by atoms with E-state index in [0.717, 1.165) is 5.56 Å². The van der Waals surface area contributed by atoms with E-state index in [9.17, 15) is 14.3 Å². The fraction of sp³-hybridized carbons (Fsp3) is 0.350. The van der Waals surface area contributed by atoms with Gasteiger partial charge in [0, 0.05) is 37.2 Å². The Kier molecular flexibility index (Phi) is 5.42. The molecule has 1 saturated heterocycles. The van der Waals surface area contributed by atoms with Crippen LogP contribution in [0.3, 0.4) is 0 Å². The topological polar surface area (TPSA) is 59.0 Å². The van der Waals surface area contributed by atoms with Crippen molar-refractivity contribution in [2.75, 3.05) is 27.3 Å². The van der Waals surface area contributed by atoms with E-state index in [1.165, 1.54) is 13.2 Å². The smallest absolute Gasteiger partial charge is 0.308 e. The number of benzene rings is 2. The Labute approximate surface area is 152 Å². The van der Waals surface area contributed by atoms with E-state index < -0.39 is 11.9 Å². The quantitative estimate of drug-likeness (QED) is 0.859. The Hall–Kier alpha value is -2.60. The summed E-state index contributed by atoms with van der Waals surface area (Å²) in [5, 5.41) is 9.63. The lowest BCUT2D eigenvalue weighted by Gasteiger charge is -2.17. The zero-order valence-corrected chi connectivity index (χ0v) is 14.8. The third kappa shape index (κ3) is 3.80. The van der Waals surface area contributed by atoms with Crippen molar-refractivity contribution in [1.82, 2.24) is 4.90 Å². The molecule has 0 aliphatic carbocycles. The van der Waals surface area contributed by atoms with Gasteiger partial charge in [-0.05, 0) is 23.8 Å². The molecule has 0 amide bonds. The molecule has 0 aromatic heterocycles. The summed E-state index contributed by atoms with van der Waals surface area (Å²) in [4.78, 5) is 13.7. The minimum atomic E-state index is -0.837. The number of hydrogen-bond acceptors (Lipinski definition) is 4. The summed E-state index contributed by atoms with van der Waals surface area (Å²) >= 11 is 0. The highest BCUT2D eigenvalue weighted by atomic mass is 19.1. The van der Waals surface area contributed by atoms with Gasteiger partial charge < -0.3 is 14.6 Å². The lowest BCUT2D eigenvalue weighted by molar-refractivity contribution is -0.141. The summed E-state index contributed by atoms with van der Waals surface area (Å²) in [5.41, 5.74) is 1.45. The van der Waals surface area contributed by atoms with Crippen molar-refractivity contribution in [3.63, 3.8) is 0 Å². The predicted octanol–water partition coefficient (Wildman–Crippen LogP) is 3.14. The highest BCUT2D eigenvalue weighted by molar-refractivity contribution is 5.72. The Morgan fingerprint density at radius 1 is 1.15 bits per heavy atom. The number of nitrogens with zero attached hydrogens (tertiary/aromatic N) is 1. The van der Waals surface area contributed by atoms with Crippen molar-refractivity contribution in [3.8, 4) is 11.5 Å². The molecule has 3 rings (SSSR count). The Bertz CT molecular complexity index is 795. The molecule has 1 aliphatic heterocycles. The molecule has 138 valence electrons. The Morgan fingerprint density at radius 2 is 1.88 bits per heavy atom. The average molecular weight is 359 g/mol. The minimum Gasteiger partial charge on any atom is -0.497 e. The second kappa shape index (κ2) is 7.74. The van der Waals surface area contributed by atoms with E-state index in [1.54, 1.807) is 19.2 Å². The monoisotopic (exact) mass is 359 g/mol. The lowest BCUT2D eigenvalue weighted by Crippen LogP contribution is -2.23. The first-order chi connectivity index (χ1) is 12.5. The number of carboxylic acid groups (broad SMARTS) is 1. The molecule has 0 unspecified atom stereocenters. The number of aliphatic carboxylic acids is 1. The number of methoxy groups -OCH3 is 2. The first-order valence-corrected chi connectivity index (χ1v) is 8.43. The summed E-state index contributed by atoms with van der Waals surface area (Å²) in [6, 6.07) is 12.2. The standard InChI is InChI=1S/C20H22FNO4/c1-25-15-5-3-4-13(8-15)17-11-22(12-18(17)20(23)24)10-14-6-7-16(26-2)9-19(14)21/h3-9,17-18H,10-12H2,1-2H3,(H,23,24)/t17-,18+/m1/s1. The van der Waals surface area contributed by atoms with Gasteiger partial charge in [-0.25, -0.2) is 4.39 Å². The van der Waals surface area contributed by atoms with Crippen LogP contribution in [-0.2, 0) is 11.3 Å². The lowest BCUT2D eigenvalue weighted by atomic mass is 9.89. The third-order valence-electron chi connectivity index (χ3n) is 4.89. The van der Waals surface area contributed by atoms with Crippen molar-refractivity contribution in [2.24, 2.45) is 5.92 Å². The molecule has 1 aliphatic rings. The fourth-order valence-electron chi connectivity index (χ4n) is 3.50. The van der Waals surface area contributed by atoms with E-state index in [1.807, 2.05) is 29.2 Å². The van der Waals surface area contributed by atoms with Crippen LogP contribution in [0.15, 0.2) is 42.5 Å². The van der Waals surface area contributed by atoms with Crippen LogP contribution < -0.4 is 9.47 Å². The minimum absolute atomic E-state index is 0.163. The molecule has 2 aromatic carbocycles. The molecule has 1 heterocycles. The molecule has 2 aromatic rings. The largest absolute Gasteiger partial charge is 0.497 e. The summed E-state index contributed by atoms with van der Waals surface area (Å²) < 4.78 is 24.5. The van der Waals surface area contributed by atoms with Crippen LogP contribution in [0.1, 0.15) is 17.0 Å². The number of carbonyl (C=O) groups is 1. The van der Waals surface area contributed by atoms with E-state index in [-0.39, 0.29) is 11.7 Å². The second-order valence-corrected chi connectivity index (χ2v) is 6.48. The van der Waals surface area contributed by atoms with Crippen molar-refractivity contribution in [3.05, 3.63) is 59.4 Å². The molecule has 0 spiro atoms. The van der Waals surface area contributed by atoms with Crippen molar-refractivity contribution >= 4 is 5.97 Å². The van der Waals surface area contributed by atoms with E-state index in [2.05, 4.69) is 0 Å². The molecular formula is C20H22FNO4. The fourth-order valence-corrected chi connectivity index (χ4v) is 3.50. The number of hydrogen-bond donors (Lipinski definition) is 1. The van der Waals surface area contributed by atoms with Gasteiger partial charge in [-0.3, -0.25) is 9.69 Å². The molecule has 0 bridgehead atoms. The molecule has 26 heavy (non-hydrogen) atoms. The van der Waals surface area contributed by atoms with Gasteiger partial charge in [0.1, 0.15) is 17.3 Å². The van der Waals surface area contributed by atoms with Gasteiger partial charge in [0.2, 0.25) is 0 Å². The Balaban J connectivity index is 1.80. The van der Waals surface area contributed by atoms with Crippen LogP contribution in [0.5, 0.6) is 11.5 Å². The van der Waals surface area contributed by atoms with Crippen molar-refractivity contribution < 1.29 is 23.8 Å². The van der Waals surface area contributed by atoms with Crippen LogP contribution in [0.4, 0.5) is 4.39 Å². The van der Waals surface area contributed by atoms with Crippen LogP contribution in [0.2, 0.25) is 0 Å². The van der Waals surface area contributed by atoms with Gasteiger partial charge in [0.15, 0.2) is 0 Å². The van der Waals surface area contributed by atoms with Gasteiger partial charge in [-0.1, -0.05) is 18.2 Å². The van der Waals surface area contributed by atoms with Crippen LogP contribution >= 0.6 is 0 Å². The summed E-state index contributed by atoms with van der Waals surface area (Å²) in [7, 11) is 3.08. The van der Waals surface area contributed by atoms with Crippen molar-refractivity contribution in [1.29, 1.82) is 0 Å². The highest BCUT2D eigenvalue weighted by Gasteiger charge is 2.38. The first-order valence-electron chi connectivity index (χ1n) is 8.43. The van der Waals surface area contributed by atoms with E-state index in [4.69, 9.17) is 9.47 Å². The van der Waals surface area contributed by atoms with Gasteiger partial charge in [0.05, 0.1) is 20.1 Å². The SMILES string of the molecule is COc1cccc([C@H]2CN(Cc3ccc(OC)cc3F)C[C@@H]2C(=O)O)c1. The summed E-state index contributed by atoms with van der Waals surface area (Å²) in [6.45, 7) is 1.29. The number of likely N-dealkylation sites (tertiary alicyclic amines) is 1. The van der Waals surface area contributed by atoms with Crippen LogP contribution in [0.25, 0.3) is 0 Å². The number of halogens is 1. The van der Waals surface area contributed by atoms with Gasteiger partial charge in [-0.15, -0.1) is 0 Å². The normalized spacial score (nSPS) is 20.1. The summed E-state index contributed by atoms with van der Waals surface area (Å²) in [5.74, 6) is -0.722. The maximum absolute atomic E-state index is 14.2. The second-order valence-electron chi connectivity index (χ2n) is 6.48. The molecule has 0 saturated carbocycles. The molecule has 1 N–H and O–H groups in total. The molecule has 5 nitrogen and oxygen atoms in total. The third-order valence-corrected chi connectivity index (χ3v) is 4.89. The predicted molar refractivity (Wildman–Crippen MR) is 95.1 cm³/mol. The molecule has 1 fully saturated rings. The molecule has 0 radical (unpaired) electrons. The average Bonchev–Trinajstić information content (AvgIpc) is 3.07. The number of ether oxygens (including phenoxy) is 2. The maximum Gasteiger partial charge on any atom is 0.308 e. The zero-order valence-electron chi connectivity index (χ0n) is 14.8. The molecule has 2 atom stereocenters. The van der Waals surface area contributed by atoms with Gasteiger partial charge in [0.25, 0.3) is 0 Å². The molecule has 6 heteroatoms. The van der Waals surface area contributed by atoms with Crippen LogP contribution in [0, 0.1) is 11.7 Å². The van der Waals surface area contributed by atoms with Crippen molar-refractivity contribution in [2.45, 2.75) is 12.5 Å². The molecular weight excluding hydrogens is 337 g/mol. The van der Waals surface area contributed by atoms with Gasteiger partial charge >= 0.3 is 5.97 Å². The van der Waals surface area contributed by atoms with Crippen LogP contribution in [-0.4, -0.2) is 43.3 Å². The van der Waals surface area contributed by atoms with Gasteiger partial charge in [-0.2, -0.15) is 0 Å². The number of carboxylic acids is 1. The number of rotatable bonds is 6. The highest BCUT2D eigenvalue weighted by Crippen LogP contribution is 2.35. The van der Waals surface area contributed by atoms with E-state index >= 15 is 0 Å². The zero-order chi connectivity index (χ0) is 18.7. The first kappa shape index (κ1) is 18.2. The van der Waals surface area contributed by atoms with E-state index in [0.29, 0.717) is 36.7 Å². The summed E-state index contributed by atoms with van der Waals surface area (Å²) in [6.07, 6.45) is 0. The Morgan fingerprint density at radius 3 is 2.54 bits per heavy atom.